The highest BCUT2D eigenvalue weighted by Crippen LogP contribution is 2.17. The molecule has 6 heteroatoms. The van der Waals surface area contributed by atoms with Crippen LogP contribution in [0.15, 0.2) is 4.99 Å². The van der Waals surface area contributed by atoms with Gasteiger partial charge >= 0.3 is 0 Å². The fourth-order valence-corrected chi connectivity index (χ4v) is 2.50. The maximum atomic E-state index is 4.62. The quantitative estimate of drug-likeness (QED) is 0.647. The van der Waals surface area contributed by atoms with Crippen molar-refractivity contribution in [1.29, 1.82) is 0 Å². The summed E-state index contributed by atoms with van der Waals surface area (Å²) in [6.07, 6.45) is 6.49. The van der Waals surface area contributed by atoms with E-state index in [4.69, 9.17) is 0 Å². The van der Waals surface area contributed by atoms with Crippen molar-refractivity contribution in [2.45, 2.75) is 58.5 Å². The zero-order valence-electron chi connectivity index (χ0n) is 12.8. The molecular formula is C14H26N6. The number of rotatable bonds is 4. The minimum absolute atomic E-state index is 0.555. The second-order valence-corrected chi connectivity index (χ2v) is 5.40. The van der Waals surface area contributed by atoms with Crippen molar-refractivity contribution < 1.29 is 0 Å². The molecule has 1 aliphatic carbocycles. The van der Waals surface area contributed by atoms with Gasteiger partial charge in [-0.2, -0.15) is 0 Å². The Balaban J connectivity index is 1.96. The largest absolute Gasteiger partial charge is 0.357 e. The molecule has 1 fully saturated rings. The average Bonchev–Trinajstić information content (AvgIpc) is 2.78. The highest BCUT2D eigenvalue weighted by atomic mass is 15.3. The van der Waals surface area contributed by atoms with E-state index in [-0.39, 0.29) is 0 Å². The van der Waals surface area contributed by atoms with Gasteiger partial charge in [-0.3, -0.25) is 0 Å². The molecular weight excluding hydrogens is 252 g/mol. The third-order valence-electron chi connectivity index (χ3n) is 3.85. The molecule has 1 aliphatic rings. The molecule has 0 aliphatic heterocycles. The topological polar surface area (TPSA) is 67.1 Å². The van der Waals surface area contributed by atoms with Crippen LogP contribution in [0.3, 0.4) is 0 Å². The number of hydrogen-bond acceptors (Lipinski definition) is 3. The number of aromatic nitrogens is 3. The zero-order valence-corrected chi connectivity index (χ0v) is 12.8. The fourth-order valence-electron chi connectivity index (χ4n) is 2.50. The highest BCUT2D eigenvalue weighted by Gasteiger charge is 2.14. The van der Waals surface area contributed by atoms with E-state index in [1.165, 1.54) is 32.1 Å². The standard InChI is InChI=1S/C14H26N6/c1-4-15-14(17-12-8-6-5-7-9-12)16-10-13-19-18-11(2)20(13)3/h12H,4-10H2,1-3H3,(H2,15,16,17). The summed E-state index contributed by atoms with van der Waals surface area (Å²) < 4.78 is 1.98. The summed E-state index contributed by atoms with van der Waals surface area (Å²) in [6, 6.07) is 0.558. The van der Waals surface area contributed by atoms with Gasteiger partial charge in [-0.25, -0.2) is 4.99 Å². The summed E-state index contributed by atoms with van der Waals surface area (Å²) in [5.41, 5.74) is 0. The van der Waals surface area contributed by atoms with Crippen molar-refractivity contribution in [3.8, 4) is 0 Å². The second-order valence-electron chi connectivity index (χ2n) is 5.40. The van der Waals surface area contributed by atoms with Crippen LogP contribution in [0.25, 0.3) is 0 Å². The molecule has 0 bridgehead atoms. The Labute approximate surface area is 121 Å². The van der Waals surface area contributed by atoms with E-state index >= 15 is 0 Å². The van der Waals surface area contributed by atoms with Gasteiger partial charge in [0, 0.05) is 19.6 Å². The summed E-state index contributed by atoms with van der Waals surface area (Å²) in [4.78, 5) is 4.62. The van der Waals surface area contributed by atoms with E-state index < -0.39 is 0 Å². The summed E-state index contributed by atoms with van der Waals surface area (Å²) in [6.45, 7) is 5.46. The lowest BCUT2D eigenvalue weighted by molar-refractivity contribution is 0.410. The van der Waals surface area contributed by atoms with Gasteiger partial charge in [0.15, 0.2) is 11.8 Å². The molecule has 20 heavy (non-hydrogen) atoms. The molecule has 1 aromatic rings. The van der Waals surface area contributed by atoms with Gasteiger partial charge < -0.3 is 15.2 Å². The van der Waals surface area contributed by atoms with Crippen molar-refractivity contribution >= 4 is 5.96 Å². The molecule has 6 nitrogen and oxygen atoms in total. The second kappa shape index (κ2) is 7.26. The van der Waals surface area contributed by atoms with Gasteiger partial charge in [0.25, 0.3) is 0 Å². The van der Waals surface area contributed by atoms with Crippen molar-refractivity contribution in [2.75, 3.05) is 6.54 Å². The normalized spacial score (nSPS) is 17.2. The van der Waals surface area contributed by atoms with Gasteiger partial charge in [0.05, 0.1) is 0 Å². The smallest absolute Gasteiger partial charge is 0.191 e. The van der Waals surface area contributed by atoms with Gasteiger partial charge in [-0.15, -0.1) is 10.2 Å². The lowest BCUT2D eigenvalue weighted by Crippen LogP contribution is -2.44. The molecule has 1 saturated carbocycles. The van der Waals surface area contributed by atoms with E-state index in [1.807, 2.05) is 18.5 Å². The number of guanidine groups is 1. The maximum Gasteiger partial charge on any atom is 0.191 e. The molecule has 0 amide bonds. The van der Waals surface area contributed by atoms with Crippen molar-refractivity contribution in [2.24, 2.45) is 12.0 Å². The minimum atomic E-state index is 0.555. The van der Waals surface area contributed by atoms with Gasteiger partial charge in [0.1, 0.15) is 12.4 Å². The number of aliphatic imine (C=N–C) groups is 1. The first-order valence-electron chi connectivity index (χ1n) is 7.60. The Bertz CT molecular complexity index is 445. The van der Waals surface area contributed by atoms with E-state index in [0.717, 1.165) is 24.2 Å². The molecule has 0 saturated heterocycles. The Kier molecular flexibility index (Phi) is 5.38. The predicted molar refractivity (Wildman–Crippen MR) is 80.6 cm³/mol. The Morgan fingerprint density at radius 3 is 2.65 bits per heavy atom. The number of hydrogen-bond donors (Lipinski definition) is 2. The van der Waals surface area contributed by atoms with E-state index in [0.29, 0.717) is 12.6 Å². The van der Waals surface area contributed by atoms with Crippen molar-refractivity contribution in [3.05, 3.63) is 11.6 Å². The van der Waals surface area contributed by atoms with Crippen LogP contribution in [-0.4, -0.2) is 33.3 Å². The minimum Gasteiger partial charge on any atom is -0.357 e. The Morgan fingerprint density at radius 1 is 1.30 bits per heavy atom. The van der Waals surface area contributed by atoms with Crippen LogP contribution < -0.4 is 10.6 Å². The third-order valence-corrected chi connectivity index (χ3v) is 3.85. The van der Waals surface area contributed by atoms with Crippen molar-refractivity contribution in [3.63, 3.8) is 0 Å². The van der Waals surface area contributed by atoms with Crippen LogP contribution in [0, 0.1) is 6.92 Å². The Morgan fingerprint density at radius 2 is 2.05 bits per heavy atom. The van der Waals surface area contributed by atoms with Crippen LogP contribution in [0.4, 0.5) is 0 Å². The molecule has 112 valence electrons. The summed E-state index contributed by atoms with van der Waals surface area (Å²) >= 11 is 0. The van der Waals surface area contributed by atoms with Crippen LogP contribution >= 0.6 is 0 Å². The lowest BCUT2D eigenvalue weighted by atomic mass is 9.96. The van der Waals surface area contributed by atoms with Crippen LogP contribution in [-0.2, 0) is 13.6 Å². The molecule has 2 rings (SSSR count). The predicted octanol–water partition coefficient (Wildman–Crippen LogP) is 1.51. The van der Waals surface area contributed by atoms with Crippen molar-refractivity contribution in [1.82, 2.24) is 25.4 Å². The summed E-state index contributed by atoms with van der Waals surface area (Å²) in [7, 11) is 1.97. The first-order valence-corrected chi connectivity index (χ1v) is 7.60. The van der Waals surface area contributed by atoms with E-state index in [9.17, 15) is 0 Å². The van der Waals surface area contributed by atoms with E-state index in [1.54, 1.807) is 0 Å². The Hall–Kier alpha value is -1.59. The monoisotopic (exact) mass is 278 g/mol. The lowest BCUT2D eigenvalue weighted by Gasteiger charge is -2.24. The third kappa shape index (κ3) is 3.95. The van der Waals surface area contributed by atoms with Gasteiger partial charge in [0.2, 0.25) is 0 Å². The van der Waals surface area contributed by atoms with Gasteiger partial charge in [-0.1, -0.05) is 19.3 Å². The van der Waals surface area contributed by atoms with Crippen LogP contribution in [0.2, 0.25) is 0 Å². The number of nitrogens with one attached hydrogen (secondary N) is 2. The average molecular weight is 278 g/mol. The molecule has 0 aromatic carbocycles. The highest BCUT2D eigenvalue weighted by molar-refractivity contribution is 5.80. The molecule has 1 heterocycles. The molecule has 1 aromatic heterocycles. The summed E-state index contributed by atoms with van der Waals surface area (Å²) in [5, 5.41) is 15.0. The zero-order chi connectivity index (χ0) is 14.4. The number of nitrogens with zero attached hydrogens (tertiary/aromatic N) is 4. The molecule has 0 unspecified atom stereocenters. The maximum absolute atomic E-state index is 4.62. The van der Waals surface area contributed by atoms with Crippen LogP contribution in [0.5, 0.6) is 0 Å². The summed E-state index contributed by atoms with van der Waals surface area (Å²) in [5.74, 6) is 2.70. The van der Waals surface area contributed by atoms with Gasteiger partial charge in [-0.05, 0) is 26.7 Å². The molecule has 0 atom stereocenters. The van der Waals surface area contributed by atoms with Crippen LogP contribution in [0.1, 0.15) is 50.7 Å². The molecule has 2 N–H and O–H groups in total. The SMILES string of the molecule is CCNC(=NCc1nnc(C)n1C)NC1CCCCC1. The molecule has 0 radical (unpaired) electrons. The molecule has 0 spiro atoms. The van der Waals surface area contributed by atoms with E-state index in [2.05, 4.69) is 32.7 Å². The fraction of sp³-hybridized carbons (Fsp3) is 0.786. The first kappa shape index (κ1) is 14.8. The first-order chi connectivity index (χ1) is 9.70. The number of aryl methyl sites for hydroxylation is 1.